The van der Waals surface area contributed by atoms with Gasteiger partial charge in [-0.15, -0.1) is 10.2 Å². The number of nitrogens with zero attached hydrogens (tertiary/aromatic N) is 4. The fourth-order valence-electron chi connectivity index (χ4n) is 2.16. The molecule has 0 aliphatic rings. The van der Waals surface area contributed by atoms with Gasteiger partial charge in [0.25, 0.3) is 0 Å². The number of rotatable bonds is 11. The van der Waals surface area contributed by atoms with Crippen molar-refractivity contribution in [3.63, 3.8) is 0 Å². The number of ether oxygens (including phenoxy) is 2. The monoisotopic (exact) mass is 398 g/mol. The third kappa shape index (κ3) is 8.13. The number of nitriles is 1. The van der Waals surface area contributed by atoms with Crippen molar-refractivity contribution in [2.75, 3.05) is 25.2 Å². The van der Waals surface area contributed by atoms with E-state index in [4.69, 9.17) is 14.7 Å². The predicted octanol–water partition coefficient (Wildman–Crippen LogP) is 1.95. The normalized spacial score (nSPS) is 12.4. The van der Waals surface area contributed by atoms with Crippen molar-refractivity contribution in [2.45, 2.75) is 32.9 Å². The number of para-hydroxylation sites is 1. The van der Waals surface area contributed by atoms with Crippen molar-refractivity contribution in [1.82, 2.24) is 15.5 Å². The zero-order valence-corrected chi connectivity index (χ0v) is 16.8. The van der Waals surface area contributed by atoms with Gasteiger partial charge in [0.1, 0.15) is 31.1 Å². The first-order valence-electron chi connectivity index (χ1n) is 9.24. The summed E-state index contributed by atoms with van der Waals surface area (Å²) in [6.07, 6.45) is -0.725. The molecule has 1 aromatic heterocycles. The van der Waals surface area contributed by atoms with Crippen LogP contribution in [-0.4, -0.2) is 52.9 Å². The van der Waals surface area contributed by atoms with E-state index in [9.17, 15) is 5.11 Å². The Balaban J connectivity index is 1.68. The van der Waals surface area contributed by atoms with E-state index < -0.39 is 6.10 Å². The molecule has 1 heterocycles. The molecule has 0 spiro atoms. The molecule has 0 bridgehead atoms. The summed E-state index contributed by atoms with van der Waals surface area (Å²) >= 11 is 0. The van der Waals surface area contributed by atoms with E-state index in [1.54, 1.807) is 36.4 Å². The number of aromatic nitrogens is 2. The topological polar surface area (TPSA) is 125 Å². The fourth-order valence-corrected chi connectivity index (χ4v) is 2.16. The van der Waals surface area contributed by atoms with E-state index in [2.05, 4.69) is 32.1 Å². The smallest absolute Gasteiger partial charge is 0.233 e. The number of nitrogens with one attached hydrogen (secondary N) is 2. The van der Waals surface area contributed by atoms with Crippen molar-refractivity contribution in [3.05, 3.63) is 42.0 Å². The van der Waals surface area contributed by atoms with Crippen LogP contribution in [0.15, 0.2) is 41.5 Å². The van der Waals surface area contributed by atoms with Crippen LogP contribution in [0, 0.1) is 11.3 Å². The van der Waals surface area contributed by atoms with E-state index in [0.29, 0.717) is 36.2 Å². The van der Waals surface area contributed by atoms with Crippen molar-refractivity contribution >= 4 is 11.5 Å². The lowest BCUT2D eigenvalue weighted by molar-refractivity contribution is 0.101. The third-order valence-electron chi connectivity index (χ3n) is 3.66. The molecule has 2 unspecified atom stereocenters. The van der Waals surface area contributed by atoms with Gasteiger partial charge < -0.3 is 19.9 Å². The van der Waals surface area contributed by atoms with Crippen LogP contribution >= 0.6 is 0 Å². The first kappa shape index (κ1) is 22.1. The van der Waals surface area contributed by atoms with Crippen LogP contribution in [0.3, 0.4) is 0 Å². The van der Waals surface area contributed by atoms with Gasteiger partial charge in [0, 0.05) is 24.4 Å². The average molecular weight is 398 g/mol. The second kappa shape index (κ2) is 11.6. The van der Waals surface area contributed by atoms with Crippen LogP contribution in [0.4, 0.5) is 5.82 Å². The van der Waals surface area contributed by atoms with E-state index in [0.717, 1.165) is 5.71 Å². The summed E-state index contributed by atoms with van der Waals surface area (Å²) in [6, 6.07) is 12.4. The quantitative estimate of drug-likeness (QED) is 0.387. The molecule has 0 aliphatic heterocycles. The third-order valence-corrected chi connectivity index (χ3v) is 3.66. The maximum absolute atomic E-state index is 10.1. The zero-order chi connectivity index (χ0) is 21.1. The minimum Gasteiger partial charge on any atom is -0.489 e. The summed E-state index contributed by atoms with van der Waals surface area (Å²) < 4.78 is 11.1. The van der Waals surface area contributed by atoms with Gasteiger partial charge in [-0.05, 0) is 39.0 Å². The molecule has 2 rings (SSSR count). The molecule has 3 N–H and O–H groups in total. The highest BCUT2D eigenvalue weighted by Crippen LogP contribution is 2.16. The first-order chi connectivity index (χ1) is 14.0. The molecule has 2 atom stereocenters. The zero-order valence-electron chi connectivity index (χ0n) is 16.8. The number of aliphatic hydroxyl groups is 1. The van der Waals surface area contributed by atoms with Crippen LogP contribution in [0.5, 0.6) is 11.6 Å². The minimum absolute atomic E-state index is 0.0250. The number of hydrogen-bond acceptors (Lipinski definition) is 9. The standard InChI is InChI=1S/C20H26N6O3/c1-14(2)23-24-19-8-9-20(26-25-19)29-12-15(3)22-11-17(27)13-28-18-7-5-4-6-16(18)10-21/h4-9,15,17,22,27H,11-13H2,1-3H3,(H,24,25). The lowest BCUT2D eigenvalue weighted by atomic mass is 10.2. The summed E-state index contributed by atoms with van der Waals surface area (Å²) in [7, 11) is 0. The van der Waals surface area contributed by atoms with Gasteiger partial charge in [-0.1, -0.05) is 12.1 Å². The Labute approximate surface area is 170 Å². The number of aliphatic hydroxyl groups excluding tert-OH is 1. The Morgan fingerprint density at radius 1 is 1.17 bits per heavy atom. The Kier molecular flexibility index (Phi) is 8.82. The van der Waals surface area contributed by atoms with Crippen LogP contribution in [0.25, 0.3) is 0 Å². The molecule has 29 heavy (non-hydrogen) atoms. The highest BCUT2D eigenvalue weighted by molar-refractivity contribution is 5.79. The summed E-state index contributed by atoms with van der Waals surface area (Å²) in [5.74, 6) is 1.39. The van der Waals surface area contributed by atoms with Gasteiger partial charge >= 0.3 is 0 Å². The van der Waals surface area contributed by atoms with Gasteiger partial charge in [0.15, 0.2) is 5.82 Å². The molecule has 0 radical (unpaired) electrons. The molecule has 9 nitrogen and oxygen atoms in total. The highest BCUT2D eigenvalue weighted by Gasteiger charge is 2.10. The second-order valence-corrected chi connectivity index (χ2v) is 6.62. The SMILES string of the molecule is CC(C)=NNc1ccc(OCC(C)NCC(O)COc2ccccc2C#N)nn1. The van der Waals surface area contributed by atoms with Crippen molar-refractivity contribution in [1.29, 1.82) is 5.26 Å². The van der Waals surface area contributed by atoms with E-state index in [1.165, 1.54) is 0 Å². The number of anilines is 1. The van der Waals surface area contributed by atoms with Gasteiger partial charge in [0.05, 0.1) is 5.56 Å². The molecule has 1 aromatic carbocycles. The Bertz CT molecular complexity index is 831. The lowest BCUT2D eigenvalue weighted by Crippen LogP contribution is -2.39. The summed E-state index contributed by atoms with van der Waals surface area (Å²) in [5.41, 5.74) is 4.11. The van der Waals surface area contributed by atoms with E-state index in [1.807, 2.05) is 20.8 Å². The first-order valence-corrected chi connectivity index (χ1v) is 9.24. The van der Waals surface area contributed by atoms with E-state index in [-0.39, 0.29) is 12.6 Å². The van der Waals surface area contributed by atoms with Crippen LogP contribution in [0.1, 0.15) is 26.3 Å². The Hall–Kier alpha value is -3.22. The molecular weight excluding hydrogens is 372 g/mol. The Morgan fingerprint density at radius 3 is 2.66 bits per heavy atom. The average Bonchev–Trinajstić information content (AvgIpc) is 2.74. The summed E-state index contributed by atoms with van der Waals surface area (Å²) in [6.45, 7) is 6.45. The molecule has 0 fully saturated rings. The summed E-state index contributed by atoms with van der Waals surface area (Å²) in [5, 5.41) is 34.3. The molecule has 2 aromatic rings. The van der Waals surface area contributed by atoms with Crippen LogP contribution < -0.4 is 20.2 Å². The predicted molar refractivity (Wildman–Crippen MR) is 110 cm³/mol. The molecular formula is C20H26N6O3. The van der Waals surface area contributed by atoms with Crippen molar-refractivity contribution < 1.29 is 14.6 Å². The molecule has 0 aliphatic carbocycles. The van der Waals surface area contributed by atoms with Crippen molar-refractivity contribution in [2.24, 2.45) is 5.10 Å². The van der Waals surface area contributed by atoms with Crippen molar-refractivity contribution in [3.8, 4) is 17.7 Å². The fraction of sp³-hybridized carbons (Fsp3) is 0.400. The summed E-state index contributed by atoms with van der Waals surface area (Å²) in [4.78, 5) is 0. The molecule has 0 amide bonds. The van der Waals surface area contributed by atoms with Gasteiger partial charge in [-0.3, -0.25) is 5.43 Å². The van der Waals surface area contributed by atoms with E-state index >= 15 is 0 Å². The number of hydrazone groups is 1. The second-order valence-electron chi connectivity index (χ2n) is 6.62. The number of hydrogen-bond donors (Lipinski definition) is 3. The van der Waals surface area contributed by atoms with Gasteiger partial charge in [-0.25, -0.2) is 0 Å². The molecule has 9 heteroatoms. The number of benzene rings is 1. The highest BCUT2D eigenvalue weighted by atomic mass is 16.5. The molecule has 0 saturated heterocycles. The maximum Gasteiger partial charge on any atom is 0.233 e. The maximum atomic E-state index is 10.1. The van der Waals surface area contributed by atoms with Crippen LogP contribution in [-0.2, 0) is 0 Å². The van der Waals surface area contributed by atoms with Gasteiger partial charge in [0.2, 0.25) is 5.88 Å². The largest absolute Gasteiger partial charge is 0.489 e. The Morgan fingerprint density at radius 2 is 1.97 bits per heavy atom. The minimum atomic E-state index is -0.725. The van der Waals surface area contributed by atoms with Gasteiger partial charge in [-0.2, -0.15) is 10.4 Å². The molecule has 154 valence electrons. The van der Waals surface area contributed by atoms with Crippen LogP contribution in [0.2, 0.25) is 0 Å². The molecule has 0 saturated carbocycles. The lowest BCUT2D eigenvalue weighted by Gasteiger charge is -2.18.